The Bertz CT molecular complexity index is 99.2. The van der Waals surface area contributed by atoms with E-state index in [9.17, 15) is 0 Å². The molecule has 0 aromatic carbocycles. The first-order chi connectivity index (χ1) is 5.56. The van der Waals surface area contributed by atoms with Crippen LogP contribution in [0.3, 0.4) is 0 Å². The molecule has 2 nitrogen and oxygen atoms in total. The largest absolute Gasteiger partial charge is 0.355 e. The molecule has 0 aromatic heterocycles. The van der Waals surface area contributed by atoms with Crippen LogP contribution in [0, 0.1) is 0 Å². The third-order valence-corrected chi connectivity index (χ3v) is 1.60. The van der Waals surface area contributed by atoms with E-state index in [1.165, 1.54) is 0 Å². The second kappa shape index (κ2) is 6.75. The van der Waals surface area contributed by atoms with E-state index in [0.29, 0.717) is 6.79 Å². The number of hydrogen-bond acceptors (Lipinski definition) is 3. The van der Waals surface area contributed by atoms with Crippen molar-refractivity contribution >= 4 is 12.6 Å². The van der Waals surface area contributed by atoms with Gasteiger partial charge in [-0.1, -0.05) is 20.8 Å². The van der Waals surface area contributed by atoms with Crippen molar-refractivity contribution in [3.63, 3.8) is 0 Å². The van der Waals surface area contributed by atoms with E-state index in [1.807, 2.05) is 0 Å². The maximum atomic E-state index is 5.24. The molecule has 0 fully saturated rings. The molecule has 0 aliphatic heterocycles. The lowest BCUT2D eigenvalue weighted by molar-refractivity contribution is -0.0551. The van der Waals surface area contributed by atoms with Gasteiger partial charge >= 0.3 is 0 Å². The summed E-state index contributed by atoms with van der Waals surface area (Å²) in [5.41, 5.74) is 0. The molecule has 74 valence electrons. The molecule has 0 saturated heterocycles. The van der Waals surface area contributed by atoms with Crippen molar-refractivity contribution in [2.24, 2.45) is 0 Å². The Hall–Kier alpha value is 0.270. The lowest BCUT2D eigenvalue weighted by atomic mass is 10.1. The summed E-state index contributed by atoms with van der Waals surface area (Å²) in [6.45, 7) is 8.15. The minimum absolute atomic E-state index is 0.0603. The molecule has 0 bridgehead atoms. The van der Waals surface area contributed by atoms with Crippen LogP contribution in [0.25, 0.3) is 0 Å². The monoisotopic (exact) mass is 192 g/mol. The zero-order chi connectivity index (χ0) is 9.45. The van der Waals surface area contributed by atoms with E-state index in [2.05, 4.69) is 33.4 Å². The predicted octanol–water partition coefficient (Wildman–Crippen LogP) is 2.49. The van der Waals surface area contributed by atoms with Gasteiger partial charge < -0.3 is 9.47 Å². The molecule has 0 unspecified atom stereocenters. The molecule has 0 aromatic rings. The van der Waals surface area contributed by atoms with Crippen LogP contribution in [-0.4, -0.2) is 24.8 Å². The molecule has 0 rings (SSSR count). The second-order valence-electron chi connectivity index (χ2n) is 3.50. The Kier molecular flexibility index (Phi) is 6.90. The third-order valence-electron chi connectivity index (χ3n) is 1.37. The van der Waals surface area contributed by atoms with Crippen molar-refractivity contribution < 1.29 is 9.47 Å². The Morgan fingerprint density at radius 3 is 2.25 bits per heavy atom. The average Bonchev–Trinajstić information content (AvgIpc) is 1.94. The van der Waals surface area contributed by atoms with Gasteiger partial charge in [0.2, 0.25) is 0 Å². The lowest BCUT2D eigenvalue weighted by Gasteiger charge is -2.16. The van der Waals surface area contributed by atoms with Crippen LogP contribution >= 0.6 is 12.6 Å². The van der Waals surface area contributed by atoms with Crippen LogP contribution in [-0.2, 0) is 9.47 Å². The molecule has 0 atom stereocenters. The third kappa shape index (κ3) is 10.3. The lowest BCUT2D eigenvalue weighted by Crippen LogP contribution is -2.14. The highest BCUT2D eigenvalue weighted by Crippen LogP contribution is 2.16. The van der Waals surface area contributed by atoms with Crippen LogP contribution in [0.4, 0.5) is 0 Å². The van der Waals surface area contributed by atoms with Gasteiger partial charge in [0, 0.05) is 11.4 Å². The van der Waals surface area contributed by atoms with Gasteiger partial charge in [-0.3, -0.25) is 0 Å². The molecule has 0 aliphatic rings. The number of rotatable bonds is 7. The maximum absolute atomic E-state index is 5.24. The highest BCUT2D eigenvalue weighted by Gasteiger charge is 2.09. The van der Waals surface area contributed by atoms with Crippen LogP contribution < -0.4 is 0 Å². The minimum atomic E-state index is 0.0603. The second-order valence-corrected chi connectivity index (χ2v) is 4.71. The van der Waals surface area contributed by atoms with Gasteiger partial charge in [-0.05, 0) is 12.8 Å². The fraction of sp³-hybridized carbons (Fsp3) is 1.00. The highest BCUT2D eigenvalue weighted by atomic mass is 32.1. The maximum Gasteiger partial charge on any atom is 0.146 e. The number of hydrogen-bond donors (Lipinski definition) is 1. The van der Waals surface area contributed by atoms with Gasteiger partial charge in [0.25, 0.3) is 0 Å². The van der Waals surface area contributed by atoms with E-state index >= 15 is 0 Å². The van der Waals surface area contributed by atoms with Gasteiger partial charge in [-0.15, -0.1) is 0 Å². The summed E-state index contributed by atoms with van der Waals surface area (Å²) in [5, 5.41) is 0. The summed E-state index contributed by atoms with van der Waals surface area (Å²) >= 11 is 4.38. The molecule has 0 aliphatic carbocycles. The highest BCUT2D eigenvalue weighted by molar-refractivity contribution is 7.81. The molecule has 0 amide bonds. The number of ether oxygens (including phenoxy) is 2. The quantitative estimate of drug-likeness (QED) is 0.379. The summed E-state index contributed by atoms with van der Waals surface area (Å²) in [6, 6.07) is 0. The first-order valence-corrected chi connectivity index (χ1v) is 4.89. The molecule has 0 spiro atoms. The fourth-order valence-corrected chi connectivity index (χ4v) is 0.734. The van der Waals surface area contributed by atoms with Gasteiger partial charge in [-0.25, -0.2) is 0 Å². The van der Waals surface area contributed by atoms with Gasteiger partial charge in [0.05, 0.1) is 6.61 Å². The first kappa shape index (κ1) is 12.3. The van der Waals surface area contributed by atoms with Gasteiger partial charge in [0.15, 0.2) is 0 Å². The van der Waals surface area contributed by atoms with E-state index in [-0.39, 0.29) is 4.75 Å². The Morgan fingerprint density at radius 1 is 1.17 bits per heavy atom. The Labute approximate surface area is 81.0 Å². The SMILES string of the molecule is CCCOCOCCC(C)(C)S. The van der Waals surface area contributed by atoms with Crippen molar-refractivity contribution in [3.05, 3.63) is 0 Å². The minimum Gasteiger partial charge on any atom is -0.355 e. The predicted molar refractivity (Wildman–Crippen MR) is 54.7 cm³/mol. The summed E-state index contributed by atoms with van der Waals surface area (Å²) < 4.78 is 10.5. The molecule has 0 radical (unpaired) electrons. The molecule has 12 heavy (non-hydrogen) atoms. The standard InChI is InChI=1S/C9H20O2S/c1-4-6-10-8-11-7-5-9(2,3)12/h12H,4-8H2,1-3H3. The molecular weight excluding hydrogens is 172 g/mol. The van der Waals surface area contributed by atoms with Gasteiger partial charge in [-0.2, -0.15) is 12.6 Å². The zero-order valence-corrected chi connectivity index (χ0v) is 9.19. The average molecular weight is 192 g/mol. The van der Waals surface area contributed by atoms with Crippen molar-refractivity contribution in [1.29, 1.82) is 0 Å². The smallest absolute Gasteiger partial charge is 0.146 e. The first-order valence-electron chi connectivity index (χ1n) is 4.44. The summed E-state index contributed by atoms with van der Waals surface area (Å²) in [4.78, 5) is 0. The van der Waals surface area contributed by atoms with E-state index in [0.717, 1.165) is 26.1 Å². The Balaban J connectivity index is 3.01. The summed E-state index contributed by atoms with van der Waals surface area (Å²) in [7, 11) is 0. The van der Waals surface area contributed by atoms with Crippen LogP contribution in [0.1, 0.15) is 33.6 Å². The van der Waals surface area contributed by atoms with E-state index in [4.69, 9.17) is 9.47 Å². The van der Waals surface area contributed by atoms with Crippen LogP contribution in [0.2, 0.25) is 0 Å². The summed E-state index contributed by atoms with van der Waals surface area (Å²) in [5.74, 6) is 0. The fourth-order valence-electron chi connectivity index (χ4n) is 0.643. The van der Waals surface area contributed by atoms with Gasteiger partial charge in [0.1, 0.15) is 6.79 Å². The molecule has 0 saturated carbocycles. The number of thiol groups is 1. The van der Waals surface area contributed by atoms with E-state index in [1.54, 1.807) is 0 Å². The molecule has 0 heterocycles. The molecular formula is C9H20O2S. The van der Waals surface area contributed by atoms with Crippen LogP contribution in [0.15, 0.2) is 0 Å². The van der Waals surface area contributed by atoms with Crippen molar-refractivity contribution in [2.45, 2.75) is 38.4 Å². The topological polar surface area (TPSA) is 18.5 Å². The normalized spacial score (nSPS) is 12.0. The van der Waals surface area contributed by atoms with E-state index < -0.39 is 0 Å². The zero-order valence-electron chi connectivity index (χ0n) is 8.30. The van der Waals surface area contributed by atoms with Crippen molar-refractivity contribution in [1.82, 2.24) is 0 Å². The summed E-state index contributed by atoms with van der Waals surface area (Å²) in [6.07, 6.45) is 1.99. The van der Waals surface area contributed by atoms with Crippen molar-refractivity contribution in [3.8, 4) is 0 Å². The molecule has 0 N–H and O–H groups in total. The van der Waals surface area contributed by atoms with Crippen molar-refractivity contribution in [2.75, 3.05) is 20.0 Å². The molecule has 3 heteroatoms. The van der Waals surface area contributed by atoms with Crippen LogP contribution in [0.5, 0.6) is 0 Å². The Morgan fingerprint density at radius 2 is 1.75 bits per heavy atom.